The number of ether oxygens (including phenoxy) is 1. The molecular weight excluding hydrogens is 442 g/mol. The number of methoxy groups -OCH3 is 1. The fourth-order valence-electron chi connectivity index (χ4n) is 4.62. The Balaban J connectivity index is 1.55. The highest BCUT2D eigenvalue weighted by molar-refractivity contribution is 7.89. The molecule has 8 nitrogen and oxygen atoms in total. The number of para-hydroxylation sites is 2. The van der Waals surface area contributed by atoms with Crippen molar-refractivity contribution in [3.63, 3.8) is 0 Å². The first-order valence-corrected chi connectivity index (χ1v) is 12.4. The average Bonchev–Trinajstić information content (AvgIpc) is 2.99. The van der Waals surface area contributed by atoms with Crippen molar-refractivity contribution in [1.29, 1.82) is 0 Å². The molecule has 0 saturated carbocycles. The zero-order valence-corrected chi connectivity index (χ0v) is 20.1. The summed E-state index contributed by atoms with van der Waals surface area (Å²) < 4.78 is 33.6. The van der Waals surface area contributed by atoms with Gasteiger partial charge in [0.1, 0.15) is 5.75 Å². The predicted molar refractivity (Wildman–Crippen MR) is 126 cm³/mol. The molecular formula is C24H29N3O5S. The van der Waals surface area contributed by atoms with Gasteiger partial charge in [0.05, 0.1) is 29.0 Å². The molecule has 2 aliphatic heterocycles. The second-order valence-electron chi connectivity index (χ2n) is 9.06. The quantitative estimate of drug-likeness (QED) is 0.723. The smallest absolute Gasteiger partial charge is 0.243 e. The van der Waals surface area contributed by atoms with E-state index < -0.39 is 21.4 Å². The second kappa shape index (κ2) is 8.46. The molecule has 1 atom stereocenters. The van der Waals surface area contributed by atoms with Gasteiger partial charge in [-0.1, -0.05) is 12.1 Å². The summed E-state index contributed by atoms with van der Waals surface area (Å²) in [4.78, 5) is 27.2. The lowest BCUT2D eigenvalue weighted by atomic mass is 9.86. The van der Waals surface area contributed by atoms with E-state index in [2.05, 4.69) is 5.32 Å². The van der Waals surface area contributed by atoms with Crippen molar-refractivity contribution in [3.05, 3.63) is 48.0 Å². The van der Waals surface area contributed by atoms with Crippen LogP contribution in [0.3, 0.4) is 0 Å². The molecule has 0 radical (unpaired) electrons. The third-order valence-electron chi connectivity index (χ3n) is 6.60. The van der Waals surface area contributed by atoms with Gasteiger partial charge in [-0.05, 0) is 62.6 Å². The van der Waals surface area contributed by atoms with Crippen molar-refractivity contribution in [2.45, 2.75) is 37.0 Å². The number of likely N-dealkylation sites (N-methyl/N-ethyl adjacent to an activating group) is 1. The van der Waals surface area contributed by atoms with Gasteiger partial charge in [0.15, 0.2) is 0 Å². The molecule has 2 aromatic rings. The first-order chi connectivity index (χ1) is 15.6. The molecule has 0 aromatic heterocycles. The van der Waals surface area contributed by atoms with Gasteiger partial charge in [0.25, 0.3) is 0 Å². The monoisotopic (exact) mass is 471 g/mol. The molecule has 4 rings (SSSR count). The van der Waals surface area contributed by atoms with Gasteiger partial charge in [-0.25, -0.2) is 8.42 Å². The van der Waals surface area contributed by atoms with Crippen molar-refractivity contribution in [2.24, 2.45) is 5.92 Å². The number of piperidine rings is 1. The van der Waals surface area contributed by atoms with Crippen LogP contribution < -0.4 is 15.0 Å². The average molecular weight is 472 g/mol. The van der Waals surface area contributed by atoms with E-state index in [-0.39, 0.29) is 23.3 Å². The maximum atomic E-state index is 13.5. The van der Waals surface area contributed by atoms with Crippen LogP contribution in [0.1, 0.15) is 32.3 Å². The summed E-state index contributed by atoms with van der Waals surface area (Å²) in [7, 11) is -0.597. The topological polar surface area (TPSA) is 96.0 Å². The van der Waals surface area contributed by atoms with Gasteiger partial charge in [-0.2, -0.15) is 4.31 Å². The first kappa shape index (κ1) is 23.3. The number of carbonyl (C=O) groups excluding carboxylic acids is 2. The van der Waals surface area contributed by atoms with E-state index in [0.717, 1.165) is 5.69 Å². The zero-order valence-electron chi connectivity index (χ0n) is 19.3. The molecule has 2 aromatic carbocycles. The number of hydrogen-bond donors (Lipinski definition) is 1. The Kier molecular flexibility index (Phi) is 5.96. The number of benzene rings is 2. The number of nitrogens with one attached hydrogen (secondary N) is 1. The minimum Gasteiger partial charge on any atom is -0.495 e. The molecule has 9 heteroatoms. The van der Waals surface area contributed by atoms with Crippen LogP contribution in [-0.2, 0) is 25.0 Å². The van der Waals surface area contributed by atoms with E-state index in [9.17, 15) is 18.0 Å². The second-order valence-corrected chi connectivity index (χ2v) is 11.0. The number of rotatable bonds is 5. The molecule has 1 N–H and O–H groups in total. The Morgan fingerprint density at radius 1 is 1.18 bits per heavy atom. The fraction of sp³-hybridized carbons (Fsp3) is 0.417. The molecule has 33 heavy (non-hydrogen) atoms. The normalized spacial score (nSPS) is 20.4. The summed E-state index contributed by atoms with van der Waals surface area (Å²) >= 11 is 0. The van der Waals surface area contributed by atoms with E-state index in [1.54, 1.807) is 56.1 Å². The minimum atomic E-state index is -3.82. The Labute approximate surface area is 194 Å². The molecule has 0 spiro atoms. The van der Waals surface area contributed by atoms with Crippen LogP contribution >= 0.6 is 0 Å². The van der Waals surface area contributed by atoms with E-state index in [1.165, 1.54) is 17.5 Å². The Morgan fingerprint density at radius 3 is 2.64 bits per heavy atom. The van der Waals surface area contributed by atoms with Gasteiger partial charge in [0.2, 0.25) is 21.8 Å². The highest BCUT2D eigenvalue weighted by Crippen LogP contribution is 2.42. The summed E-state index contributed by atoms with van der Waals surface area (Å²) in [5.74, 6) is -0.233. The number of nitrogens with zero attached hydrogens (tertiary/aromatic N) is 2. The molecule has 176 valence electrons. The third kappa shape index (κ3) is 4.00. The highest BCUT2D eigenvalue weighted by atomic mass is 32.2. The predicted octanol–water partition coefficient (Wildman–Crippen LogP) is 2.99. The number of carbonyl (C=O) groups is 2. The maximum Gasteiger partial charge on any atom is 0.243 e. The first-order valence-electron chi connectivity index (χ1n) is 10.9. The van der Waals surface area contributed by atoms with Crippen molar-refractivity contribution >= 4 is 33.2 Å². The van der Waals surface area contributed by atoms with Crippen LogP contribution in [0.25, 0.3) is 0 Å². The number of hydrogen-bond acceptors (Lipinski definition) is 5. The molecule has 0 bridgehead atoms. The molecule has 1 unspecified atom stereocenters. The molecule has 2 amide bonds. The highest BCUT2D eigenvalue weighted by Gasteiger charge is 2.43. The lowest BCUT2D eigenvalue weighted by molar-refractivity contribution is -0.122. The number of fused-ring (bicyclic) bond motifs is 1. The standard InChI is InChI=1S/C24H29N3O5S/c1-24(2)18-14-17(11-12-20(18)26(3)23(24)29)33(30,31)27-13-7-8-16(15-27)22(28)25-19-9-5-6-10-21(19)32-4/h5-6,9-12,14,16H,7-8,13,15H2,1-4H3,(H,25,28). The molecule has 2 aliphatic rings. The summed E-state index contributed by atoms with van der Waals surface area (Å²) in [5.41, 5.74) is 1.17. The number of amides is 2. The molecule has 1 fully saturated rings. The summed E-state index contributed by atoms with van der Waals surface area (Å²) in [6, 6.07) is 11.9. The van der Waals surface area contributed by atoms with Gasteiger partial charge in [0, 0.05) is 25.8 Å². The van der Waals surface area contributed by atoms with Crippen LogP contribution in [0.5, 0.6) is 5.75 Å². The van der Waals surface area contributed by atoms with E-state index in [1.807, 2.05) is 6.07 Å². The van der Waals surface area contributed by atoms with Crippen molar-refractivity contribution in [1.82, 2.24) is 4.31 Å². The third-order valence-corrected chi connectivity index (χ3v) is 8.46. The Morgan fingerprint density at radius 2 is 1.91 bits per heavy atom. The van der Waals surface area contributed by atoms with E-state index in [0.29, 0.717) is 36.4 Å². The fourth-order valence-corrected chi connectivity index (χ4v) is 6.17. The van der Waals surface area contributed by atoms with Crippen molar-refractivity contribution in [3.8, 4) is 5.75 Å². The van der Waals surface area contributed by atoms with Gasteiger partial charge in [-0.3, -0.25) is 9.59 Å². The van der Waals surface area contributed by atoms with Crippen LogP contribution in [0, 0.1) is 5.92 Å². The van der Waals surface area contributed by atoms with Gasteiger partial charge >= 0.3 is 0 Å². The SMILES string of the molecule is COc1ccccc1NC(=O)C1CCCN(S(=O)(=O)c2ccc3c(c2)C(C)(C)C(=O)N3C)C1. The van der Waals surface area contributed by atoms with Gasteiger partial charge in [-0.15, -0.1) is 0 Å². The molecule has 1 saturated heterocycles. The van der Waals surface area contributed by atoms with Crippen molar-refractivity contribution in [2.75, 3.05) is 37.5 Å². The van der Waals surface area contributed by atoms with Crippen LogP contribution in [0.4, 0.5) is 11.4 Å². The van der Waals surface area contributed by atoms with Gasteiger partial charge < -0.3 is 15.0 Å². The van der Waals surface area contributed by atoms with Crippen LogP contribution in [-0.4, -0.2) is 51.8 Å². The Hall–Kier alpha value is -2.91. The van der Waals surface area contributed by atoms with E-state index >= 15 is 0 Å². The zero-order chi connectivity index (χ0) is 24.0. The van der Waals surface area contributed by atoms with E-state index in [4.69, 9.17) is 4.74 Å². The molecule has 0 aliphatic carbocycles. The minimum absolute atomic E-state index is 0.0712. The van der Waals surface area contributed by atoms with Crippen LogP contribution in [0.2, 0.25) is 0 Å². The number of anilines is 2. The van der Waals surface area contributed by atoms with Crippen molar-refractivity contribution < 1.29 is 22.7 Å². The summed E-state index contributed by atoms with van der Waals surface area (Å²) in [6.45, 7) is 4.04. The molecule has 2 heterocycles. The lowest BCUT2D eigenvalue weighted by Gasteiger charge is -2.31. The van der Waals surface area contributed by atoms with Crippen LogP contribution in [0.15, 0.2) is 47.4 Å². The number of sulfonamides is 1. The Bertz CT molecular complexity index is 1210. The maximum absolute atomic E-state index is 13.5. The summed E-state index contributed by atoms with van der Waals surface area (Å²) in [5, 5.41) is 2.87. The largest absolute Gasteiger partial charge is 0.495 e. The summed E-state index contributed by atoms with van der Waals surface area (Å²) in [6.07, 6.45) is 1.18. The lowest BCUT2D eigenvalue weighted by Crippen LogP contribution is -2.43.